The van der Waals surface area contributed by atoms with Gasteiger partial charge < -0.3 is 19.7 Å². The van der Waals surface area contributed by atoms with E-state index in [0.29, 0.717) is 12.3 Å². The van der Waals surface area contributed by atoms with Crippen molar-refractivity contribution in [1.82, 2.24) is 9.88 Å². The predicted octanol–water partition coefficient (Wildman–Crippen LogP) is 1.45. The number of carboxylic acid groups (broad SMARTS) is 1. The summed E-state index contributed by atoms with van der Waals surface area (Å²) in [6, 6.07) is 10.9. The lowest BCUT2D eigenvalue weighted by Crippen LogP contribution is -2.26. The zero-order chi connectivity index (χ0) is 18.2. The van der Waals surface area contributed by atoms with E-state index in [4.69, 9.17) is 9.84 Å². The smallest absolute Gasteiger partial charge is 0.303 e. The van der Waals surface area contributed by atoms with Crippen molar-refractivity contribution in [2.45, 2.75) is 26.0 Å². The van der Waals surface area contributed by atoms with Crippen LogP contribution < -0.4 is 15.5 Å². The van der Waals surface area contributed by atoms with E-state index in [9.17, 15) is 14.4 Å². The number of hydrogen-bond donors (Lipinski definition) is 2. The van der Waals surface area contributed by atoms with Crippen LogP contribution in [0.2, 0.25) is 0 Å². The summed E-state index contributed by atoms with van der Waals surface area (Å²) in [6.45, 7) is 0.435. The summed E-state index contributed by atoms with van der Waals surface area (Å²) in [5.41, 5.74) is 1.28. The Bertz CT molecular complexity index is 799. The van der Waals surface area contributed by atoms with E-state index in [1.807, 2.05) is 30.3 Å². The number of aromatic nitrogens is 1. The van der Waals surface area contributed by atoms with Gasteiger partial charge in [-0.3, -0.25) is 14.4 Å². The van der Waals surface area contributed by atoms with Crippen LogP contribution in [0.4, 0.5) is 0 Å². The van der Waals surface area contributed by atoms with Gasteiger partial charge in [0.2, 0.25) is 11.3 Å². The molecule has 1 aromatic heterocycles. The lowest BCUT2D eigenvalue weighted by Gasteiger charge is -2.12. The third-order valence-electron chi connectivity index (χ3n) is 3.57. The normalized spacial score (nSPS) is 10.3. The SMILES string of the molecule is Cn1cc(OCc2ccccc2)c(=O)cc1CNC(=O)CCC(=O)O. The van der Waals surface area contributed by atoms with Crippen LogP contribution in [0.15, 0.2) is 47.4 Å². The lowest BCUT2D eigenvalue weighted by atomic mass is 10.2. The van der Waals surface area contributed by atoms with Crippen LogP contribution >= 0.6 is 0 Å². The zero-order valence-electron chi connectivity index (χ0n) is 13.9. The van der Waals surface area contributed by atoms with Gasteiger partial charge in [0.15, 0.2) is 5.75 Å². The van der Waals surface area contributed by atoms with Crippen LogP contribution in [0.5, 0.6) is 5.75 Å². The first kappa shape index (κ1) is 18.3. The number of carbonyl (C=O) groups excluding carboxylic acids is 1. The number of pyridine rings is 1. The maximum atomic E-state index is 12.1. The molecule has 0 fully saturated rings. The molecule has 0 aliphatic rings. The van der Waals surface area contributed by atoms with Crippen molar-refractivity contribution >= 4 is 11.9 Å². The molecule has 0 aliphatic heterocycles. The quantitative estimate of drug-likeness (QED) is 0.755. The molecule has 0 radical (unpaired) electrons. The zero-order valence-corrected chi connectivity index (χ0v) is 13.9. The number of nitrogens with one attached hydrogen (secondary N) is 1. The molecule has 132 valence electrons. The predicted molar refractivity (Wildman–Crippen MR) is 91.2 cm³/mol. The molecule has 0 unspecified atom stereocenters. The van der Waals surface area contributed by atoms with Crippen molar-refractivity contribution in [2.24, 2.45) is 7.05 Å². The van der Waals surface area contributed by atoms with Crippen LogP contribution in [-0.4, -0.2) is 21.6 Å². The highest BCUT2D eigenvalue weighted by molar-refractivity contribution is 5.80. The fraction of sp³-hybridized carbons (Fsp3) is 0.278. The Morgan fingerprint density at radius 3 is 2.60 bits per heavy atom. The van der Waals surface area contributed by atoms with E-state index in [0.717, 1.165) is 5.56 Å². The highest BCUT2D eigenvalue weighted by Gasteiger charge is 2.09. The number of aryl methyl sites for hydroxylation is 1. The molecule has 1 amide bonds. The van der Waals surface area contributed by atoms with Crippen LogP contribution in [0.1, 0.15) is 24.1 Å². The van der Waals surface area contributed by atoms with Gasteiger partial charge in [-0.2, -0.15) is 0 Å². The molecule has 7 heteroatoms. The number of amides is 1. The first-order chi connectivity index (χ1) is 12.0. The third kappa shape index (κ3) is 5.80. The average molecular weight is 344 g/mol. The number of nitrogens with zero attached hydrogens (tertiary/aromatic N) is 1. The molecule has 0 aliphatic carbocycles. The number of benzene rings is 1. The third-order valence-corrected chi connectivity index (χ3v) is 3.57. The molecule has 0 atom stereocenters. The molecule has 2 aromatic rings. The molecular weight excluding hydrogens is 324 g/mol. The van der Waals surface area contributed by atoms with E-state index >= 15 is 0 Å². The monoisotopic (exact) mass is 344 g/mol. The van der Waals surface area contributed by atoms with Gasteiger partial charge in [0, 0.05) is 25.2 Å². The molecule has 1 heterocycles. The Morgan fingerprint density at radius 2 is 1.92 bits per heavy atom. The van der Waals surface area contributed by atoms with Gasteiger partial charge in [0.1, 0.15) is 6.61 Å². The molecule has 25 heavy (non-hydrogen) atoms. The summed E-state index contributed by atoms with van der Waals surface area (Å²) in [5.74, 6) is -1.17. The van der Waals surface area contributed by atoms with Gasteiger partial charge in [-0.1, -0.05) is 30.3 Å². The standard InChI is InChI=1S/C18H20N2O5/c1-20-11-16(25-12-13-5-3-2-4-6-13)15(21)9-14(20)10-19-17(22)7-8-18(23)24/h2-6,9,11H,7-8,10,12H2,1H3,(H,19,22)(H,23,24). The molecule has 2 rings (SSSR count). The fourth-order valence-corrected chi connectivity index (χ4v) is 2.16. The minimum Gasteiger partial charge on any atom is -0.483 e. The van der Waals surface area contributed by atoms with Crippen molar-refractivity contribution < 1.29 is 19.4 Å². The van der Waals surface area contributed by atoms with Gasteiger partial charge in [0.25, 0.3) is 0 Å². The Kier molecular flexibility index (Phi) is 6.33. The number of aliphatic carboxylic acids is 1. The second kappa shape index (κ2) is 8.68. The summed E-state index contributed by atoms with van der Waals surface area (Å²) in [6.07, 6.45) is 1.25. The molecular formula is C18H20N2O5. The highest BCUT2D eigenvalue weighted by atomic mass is 16.5. The Hall–Kier alpha value is -3.09. The molecule has 1 aromatic carbocycles. The van der Waals surface area contributed by atoms with Crippen molar-refractivity contribution in [1.29, 1.82) is 0 Å². The van der Waals surface area contributed by atoms with Gasteiger partial charge in [-0.15, -0.1) is 0 Å². The minimum absolute atomic E-state index is 0.0957. The number of carbonyl (C=O) groups is 2. The number of hydrogen-bond acceptors (Lipinski definition) is 4. The van der Waals surface area contributed by atoms with E-state index in [1.54, 1.807) is 17.8 Å². The summed E-state index contributed by atoms with van der Waals surface area (Å²) in [7, 11) is 1.74. The van der Waals surface area contributed by atoms with Crippen LogP contribution in [-0.2, 0) is 29.8 Å². The number of ether oxygens (including phenoxy) is 1. The van der Waals surface area contributed by atoms with E-state index < -0.39 is 5.97 Å². The average Bonchev–Trinajstić information content (AvgIpc) is 2.60. The van der Waals surface area contributed by atoms with Crippen LogP contribution in [0, 0.1) is 0 Å². The first-order valence-electron chi connectivity index (χ1n) is 7.80. The van der Waals surface area contributed by atoms with Crippen molar-refractivity contribution in [3.63, 3.8) is 0 Å². The number of carboxylic acids is 1. The van der Waals surface area contributed by atoms with E-state index in [1.165, 1.54) is 6.07 Å². The van der Waals surface area contributed by atoms with Crippen molar-refractivity contribution in [2.75, 3.05) is 0 Å². The molecule has 7 nitrogen and oxygen atoms in total. The maximum Gasteiger partial charge on any atom is 0.303 e. The summed E-state index contributed by atoms with van der Waals surface area (Å²) in [5, 5.41) is 11.1. The molecule has 0 bridgehead atoms. The molecule has 0 spiro atoms. The van der Waals surface area contributed by atoms with Gasteiger partial charge in [-0.25, -0.2) is 0 Å². The fourth-order valence-electron chi connectivity index (χ4n) is 2.16. The largest absolute Gasteiger partial charge is 0.483 e. The molecule has 2 N–H and O–H groups in total. The number of rotatable bonds is 8. The molecule has 0 saturated carbocycles. The molecule has 0 saturated heterocycles. The van der Waals surface area contributed by atoms with Gasteiger partial charge >= 0.3 is 5.97 Å². The highest BCUT2D eigenvalue weighted by Crippen LogP contribution is 2.09. The summed E-state index contributed by atoms with van der Waals surface area (Å²) in [4.78, 5) is 34.1. The minimum atomic E-state index is -1.03. The van der Waals surface area contributed by atoms with Crippen LogP contribution in [0.3, 0.4) is 0 Å². The van der Waals surface area contributed by atoms with Crippen LogP contribution in [0.25, 0.3) is 0 Å². The van der Waals surface area contributed by atoms with E-state index in [-0.39, 0.29) is 36.5 Å². The van der Waals surface area contributed by atoms with Crippen molar-refractivity contribution in [3.8, 4) is 5.75 Å². The van der Waals surface area contributed by atoms with E-state index in [2.05, 4.69) is 5.32 Å². The summed E-state index contributed by atoms with van der Waals surface area (Å²) >= 11 is 0. The van der Waals surface area contributed by atoms with Gasteiger partial charge in [0.05, 0.1) is 19.2 Å². The second-order valence-corrected chi connectivity index (χ2v) is 5.55. The van der Waals surface area contributed by atoms with Crippen molar-refractivity contribution in [3.05, 3.63) is 64.1 Å². The topological polar surface area (TPSA) is 97.6 Å². The Labute approximate surface area is 144 Å². The second-order valence-electron chi connectivity index (χ2n) is 5.55. The maximum absolute atomic E-state index is 12.1. The van der Waals surface area contributed by atoms with Gasteiger partial charge in [-0.05, 0) is 5.56 Å². The lowest BCUT2D eigenvalue weighted by molar-refractivity contribution is -0.138. The summed E-state index contributed by atoms with van der Waals surface area (Å²) < 4.78 is 7.26. The first-order valence-corrected chi connectivity index (χ1v) is 7.80. The Morgan fingerprint density at radius 1 is 1.20 bits per heavy atom. The Balaban J connectivity index is 1.96.